The number of hydrogen-bond donors (Lipinski definition) is 1. The lowest BCUT2D eigenvalue weighted by molar-refractivity contribution is 0.109. The predicted octanol–water partition coefficient (Wildman–Crippen LogP) is 1.07. The lowest BCUT2D eigenvalue weighted by Gasteiger charge is -2.39. The average Bonchev–Trinajstić information content (AvgIpc) is 2.16. The third-order valence-corrected chi connectivity index (χ3v) is 2.91. The van der Waals surface area contributed by atoms with Gasteiger partial charge in [0.25, 0.3) is 0 Å². The van der Waals surface area contributed by atoms with Gasteiger partial charge in [-0.2, -0.15) is 0 Å². The van der Waals surface area contributed by atoms with Crippen molar-refractivity contribution in [1.82, 2.24) is 4.90 Å². The Bertz CT molecular complexity index is 193. The minimum Gasteiger partial charge on any atom is -0.330 e. The van der Waals surface area contributed by atoms with E-state index in [1.54, 1.807) is 0 Å². The lowest BCUT2D eigenvalue weighted by Crippen LogP contribution is -2.47. The third-order valence-electron chi connectivity index (χ3n) is 2.91. The van der Waals surface area contributed by atoms with Gasteiger partial charge in [-0.3, -0.25) is 4.90 Å². The molecule has 0 aromatic heterocycles. The molecule has 0 aliphatic carbocycles. The summed E-state index contributed by atoms with van der Waals surface area (Å²) in [5.74, 6) is 3.51. The van der Waals surface area contributed by atoms with Crippen LogP contribution in [0, 0.1) is 18.3 Å². The van der Waals surface area contributed by atoms with Gasteiger partial charge in [0, 0.05) is 12.6 Å². The first-order chi connectivity index (χ1) is 6.19. The van der Waals surface area contributed by atoms with E-state index in [4.69, 9.17) is 12.2 Å². The van der Waals surface area contributed by atoms with Gasteiger partial charge >= 0.3 is 0 Å². The summed E-state index contributed by atoms with van der Waals surface area (Å²) in [4.78, 5) is 2.39. The number of nitrogens with two attached hydrogens (primary N) is 1. The van der Waals surface area contributed by atoms with Crippen LogP contribution in [0.1, 0.15) is 26.7 Å². The van der Waals surface area contributed by atoms with Crippen molar-refractivity contribution in [2.24, 2.45) is 11.7 Å². The van der Waals surface area contributed by atoms with Crippen molar-refractivity contribution < 1.29 is 0 Å². The lowest BCUT2D eigenvalue weighted by atomic mass is 9.92. The topological polar surface area (TPSA) is 29.3 Å². The first-order valence-corrected chi connectivity index (χ1v) is 5.11. The first-order valence-electron chi connectivity index (χ1n) is 5.11. The average molecular weight is 180 g/mol. The van der Waals surface area contributed by atoms with Crippen molar-refractivity contribution in [1.29, 1.82) is 0 Å². The van der Waals surface area contributed by atoms with Gasteiger partial charge in [0.15, 0.2) is 0 Å². The van der Waals surface area contributed by atoms with Gasteiger partial charge in [-0.25, -0.2) is 0 Å². The summed E-state index contributed by atoms with van der Waals surface area (Å²) in [5.41, 5.74) is 5.67. The van der Waals surface area contributed by atoms with Crippen LogP contribution >= 0.6 is 0 Å². The van der Waals surface area contributed by atoms with Crippen LogP contribution in [-0.4, -0.2) is 30.1 Å². The summed E-state index contributed by atoms with van der Waals surface area (Å²) in [7, 11) is 0. The molecule has 2 heteroatoms. The van der Waals surface area contributed by atoms with Crippen molar-refractivity contribution in [3.05, 3.63) is 0 Å². The van der Waals surface area contributed by atoms with E-state index in [1.807, 2.05) is 0 Å². The van der Waals surface area contributed by atoms with Gasteiger partial charge in [0.2, 0.25) is 0 Å². The van der Waals surface area contributed by atoms with Crippen LogP contribution < -0.4 is 5.73 Å². The fourth-order valence-electron chi connectivity index (χ4n) is 2.02. The standard InChI is InChI=1S/C11H20N2/c1-4-11-6-5-10(7-12)8-13(11)9(2)3/h1,9-11H,5-8,12H2,2-3H3/t10-,11-/m0/s1. The second-order valence-corrected chi connectivity index (χ2v) is 4.15. The molecule has 1 heterocycles. The van der Waals surface area contributed by atoms with Crippen molar-refractivity contribution in [2.45, 2.75) is 38.8 Å². The molecule has 2 nitrogen and oxygen atoms in total. The monoisotopic (exact) mass is 180 g/mol. The molecule has 74 valence electrons. The Kier molecular flexibility index (Phi) is 3.77. The summed E-state index contributed by atoms with van der Waals surface area (Å²) in [6.45, 7) is 6.26. The van der Waals surface area contributed by atoms with Crippen LogP contribution in [0.3, 0.4) is 0 Å². The van der Waals surface area contributed by atoms with Crippen LogP contribution in [-0.2, 0) is 0 Å². The van der Waals surface area contributed by atoms with E-state index in [0.29, 0.717) is 18.0 Å². The molecule has 2 N–H and O–H groups in total. The molecule has 0 bridgehead atoms. The van der Waals surface area contributed by atoms with Gasteiger partial charge < -0.3 is 5.73 Å². The highest BCUT2D eigenvalue weighted by molar-refractivity contribution is 5.03. The number of hydrogen-bond acceptors (Lipinski definition) is 2. The summed E-state index contributed by atoms with van der Waals surface area (Å²) in [5, 5.41) is 0. The quantitative estimate of drug-likeness (QED) is 0.644. The van der Waals surface area contributed by atoms with E-state index in [0.717, 1.165) is 19.5 Å². The van der Waals surface area contributed by atoms with Crippen LogP contribution in [0.15, 0.2) is 0 Å². The van der Waals surface area contributed by atoms with E-state index >= 15 is 0 Å². The Balaban J connectivity index is 2.58. The minimum atomic E-state index is 0.336. The summed E-state index contributed by atoms with van der Waals surface area (Å²) >= 11 is 0. The van der Waals surface area contributed by atoms with Crippen molar-refractivity contribution in [3.63, 3.8) is 0 Å². The minimum absolute atomic E-state index is 0.336. The SMILES string of the molecule is C#C[C@H]1CC[C@@H](CN)CN1C(C)C. The Morgan fingerprint density at radius 2 is 2.23 bits per heavy atom. The van der Waals surface area contributed by atoms with E-state index < -0.39 is 0 Å². The Morgan fingerprint density at radius 1 is 1.54 bits per heavy atom. The molecule has 0 unspecified atom stereocenters. The fraction of sp³-hybridized carbons (Fsp3) is 0.818. The summed E-state index contributed by atoms with van der Waals surface area (Å²) in [6.07, 6.45) is 7.79. The fourth-order valence-corrected chi connectivity index (χ4v) is 2.02. The molecule has 0 spiro atoms. The number of piperidine rings is 1. The Hall–Kier alpha value is -0.520. The van der Waals surface area contributed by atoms with Gasteiger partial charge in [-0.05, 0) is 39.2 Å². The highest BCUT2D eigenvalue weighted by Crippen LogP contribution is 2.22. The summed E-state index contributed by atoms with van der Waals surface area (Å²) in [6, 6.07) is 0.873. The Morgan fingerprint density at radius 3 is 2.69 bits per heavy atom. The van der Waals surface area contributed by atoms with Gasteiger partial charge in [-0.15, -0.1) is 6.42 Å². The molecule has 0 saturated carbocycles. The van der Waals surface area contributed by atoms with Crippen molar-refractivity contribution in [3.8, 4) is 12.3 Å². The maximum atomic E-state index is 5.67. The maximum absolute atomic E-state index is 5.67. The highest BCUT2D eigenvalue weighted by Gasteiger charge is 2.27. The zero-order valence-electron chi connectivity index (χ0n) is 8.66. The largest absolute Gasteiger partial charge is 0.330 e. The van der Waals surface area contributed by atoms with Crippen LogP contribution in [0.4, 0.5) is 0 Å². The van der Waals surface area contributed by atoms with Crippen LogP contribution in [0.25, 0.3) is 0 Å². The molecule has 1 aliphatic heterocycles. The van der Waals surface area contributed by atoms with Crippen LogP contribution in [0.5, 0.6) is 0 Å². The zero-order chi connectivity index (χ0) is 9.84. The normalized spacial score (nSPS) is 30.4. The smallest absolute Gasteiger partial charge is 0.0714 e. The second kappa shape index (κ2) is 4.64. The van der Waals surface area contributed by atoms with E-state index in [-0.39, 0.29) is 0 Å². The van der Waals surface area contributed by atoms with Crippen LogP contribution in [0.2, 0.25) is 0 Å². The molecule has 0 aromatic rings. The number of nitrogens with zero attached hydrogens (tertiary/aromatic N) is 1. The molecule has 13 heavy (non-hydrogen) atoms. The number of rotatable bonds is 2. The molecule has 0 aromatic carbocycles. The maximum Gasteiger partial charge on any atom is 0.0714 e. The third kappa shape index (κ3) is 2.46. The molecule has 1 fully saturated rings. The number of terminal acetylenes is 1. The molecule has 0 amide bonds. The Labute approximate surface area is 81.5 Å². The molecule has 1 rings (SSSR count). The number of likely N-dealkylation sites (tertiary alicyclic amines) is 1. The van der Waals surface area contributed by atoms with Gasteiger partial charge in [0.05, 0.1) is 6.04 Å². The molecule has 0 radical (unpaired) electrons. The van der Waals surface area contributed by atoms with Crippen molar-refractivity contribution in [2.75, 3.05) is 13.1 Å². The molecule has 1 aliphatic rings. The molecular weight excluding hydrogens is 160 g/mol. The predicted molar refractivity (Wildman–Crippen MR) is 56.2 cm³/mol. The van der Waals surface area contributed by atoms with Gasteiger partial charge in [-0.1, -0.05) is 5.92 Å². The zero-order valence-corrected chi connectivity index (χ0v) is 8.66. The van der Waals surface area contributed by atoms with E-state index in [9.17, 15) is 0 Å². The molecule has 2 atom stereocenters. The second-order valence-electron chi connectivity index (χ2n) is 4.15. The first kappa shape index (κ1) is 10.6. The molecule has 1 saturated heterocycles. The van der Waals surface area contributed by atoms with E-state index in [1.165, 1.54) is 6.42 Å². The van der Waals surface area contributed by atoms with Gasteiger partial charge in [0.1, 0.15) is 0 Å². The van der Waals surface area contributed by atoms with E-state index in [2.05, 4.69) is 24.7 Å². The summed E-state index contributed by atoms with van der Waals surface area (Å²) < 4.78 is 0. The molecular formula is C11H20N2. The van der Waals surface area contributed by atoms with Crippen molar-refractivity contribution >= 4 is 0 Å². The highest BCUT2D eigenvalue weighted by atomic mass is 15.2.